The van der Waals surface area contributed by atoms with Crippen LogP contribution >= 0.6 is 11.3 Å². The van der Waals surface area contributed by atoms with E-state index in [1.165, 1.54) is 48.9 Å². The number of amides is 1. The maximum atomic E-state index is 12.8. The second-order valence-electron chi connectivity index (χ2n) is 11.1. The minimum Gasteiger partial charge on any atom is -0.448 e. The predicted molar refractivity (Wildman–Crippen MR) is 169 cm³/mol. The van der Waals surface area contributed by atoms with Crippen molar-refractivity contribution in [1.29, 1.82) is 0 Å². The van der Waals surface area contributed by atoms with Gasteiger partial charge in [0.1, 0.15) is 0 Å². The SMILES string of the molecule is CCOC(=O)N(OC1CCCCO1)c1cccc(-c2ccc(C3=Cc4ccc5c(c4CC3)CCc3ccccc3-5)s2)c1. The Balaban J connectivity index is 1.14. The van der Waals surface area contributed by atoms with E-state index in [2.05, 4.69) is 60.7 Å². The molecule has 214 valence electrons. The molecule has 3 aliphatic rings. The van der Waals surface area contributed by atoms with Gasteiger partial charge in [-0.25, -0.2) is 9.63 Å². The summed E-state index contributed by atoms with van der Waals surface area (Å²) in [6.07, 6.45) is 8.53. The lowest BCUT2D eigenvalue weighted by atomic mass is 9.78. The van der Waals surface area contributed by atoms with E-state index in [1.54, 1.807) is 18.3 Å². The molecule has 5 nitrogen and oxygen atoms in total. The highest BCUT2D eigenvalue weighted by atomic mass is 32.1. The Morgan fingerprint density at radius 1 is 0.905 bits per heavy atom. The van der Waals surface area contributed by atoms with Crippen LogP contribution in [0.2, 0.25) is 0 Å². The molecule has 0 radical (unpaired) electrons. The highest BCUT2D eigenvalue weighted by Gasteiger charge is 2.26. The van der Waals surface area contributed by atoms with Crippen molar-refractivity contribution >= 4 is 34.8 Å². The van der Waals surface area contributed by atoms with E-state index in [9.17, 15) is 4.79 Å². The van der Waals surface area contributed by atoms with Gasteiger partial charge < -0.3 is 9.47 Å². The van der Waals surface area contributed by atoms with E-state index in [-0.39, 0.29) is 6.61 Å². The number of anilines is 1. The number of hydrogen-bond donors (Lipinski definition) is 0. The zero-order chi connectivity index (χ0) is 28.5. The molecule has 1 unspecified atom stereocenters. The Labute approximate surface area is 251 Å². The Kier molecular flexibility index (Phi) is 7.68. The summed E-state index contributed by atoms with van der Waals surface area (Å²) in [5, 5.41) is 1.25. The minimum absolute atomic E-state index is 0.270. The second-order valence-corrected chi connectivity index (χ2v) is 12.2. The molecular formula is C36H35NO4S. The lowest BCUT2D eigenvalue weighted by Gasteiger charge is -2.28. The monoisotopic (exact) mass is 577 g/mol. The third kappa shape index (κ3) is 5.31. The Morgan fingerprint density at radius 2 is 1.79 bits per heavy atom. The fraction of sp³-hybridized carbons (Fsp3) is 0.306. The number of allylic oxidation sites excluding steroid dienone is 1. The van der Waals surface area contributed by atoms with E-state index >= 15 is 0 Å². The number of rotatable bonds is 6. The van der Waals surface area contributed by atoms with E-state index in [0.717, 1.165) is 55.4 Å². The number of aryl methyl sites for hydroxylation is 1. The summed E-state index contributed by atoms with van der Waals surface area (Å²) >= 11 is 1.79. The zero-order valence-corrected chi connectivity index (χ0v) is 24.8. The van der Waals surface area contributed by atoms with Crippen molar-refractivity contribution in [1.82, 2.24) is 0 Å². The molecule has 1 saturated heterocycles. The number of thiophene rings is 1. The number of carbonyl (C=O) groups excluding carboxylic acids is 1. The van der Waals surface area contributed by atoms with Crippen LogP contribution < -0.4 is 5.06 Å². The van der Waals surface area contributed by atoms with E-state index in [0.29, 0.717) is 12.3 Å². The van der Waals surface area contributed by atoms with Gasteiger partial charge in [-0.2, -0.15) is 5.06 Å². The molecule has 0 spiro atoms. The summed E-state index contributed by atoms with van der Waals surface area (Å²) in [6, 6.07) is 25.8. The smallest absolute Gasteiger partial charge is 0.438 e. The molecule has 7 rings (SSSR count). The first kappa shape index (κ1) is 27.1. The van der Waals surface area contributed by atoms with Crippen LogP contribution in [0, 0.1) is 0 Å². The van der Waals surface area contributed by atoms with Gasteiger partial charge in [0.2, 0.25) is 0 Å². The number of ether oxygens (including phenoxy) is 2. The molecule has 0 N–H and O–H groups in total. The summed E-state index contributed by atoms with van der Waals surface area (Å²) in [4.78, 5) is 21.3. The Morgan fingerprint density at radius 3 is 2.67 bits per heavy atom. The third-order valence-corrected chi connectivity index (χ3v) is 9.69. The van der Waals surface area contributed by atoms with Gasteiger partial charge in [0, 0.05) is 22.8 Å². The molecule has 1 aliphatic heterocycles. The predicted octanol–water partition coefficient (Wildman–Crippen LogP) is 9.09. The van der Waals surface area contributed by atoms with E-state index in [1.807, 2.05) is 18.2 Å². The van der Waals surface area contributed by atoms with Crippen LogP contribution in [0.15, 0.2) is 72.8 Å². The van der Waals surface area contributed by atoms with Crippen LogP contribution in [0.25, 0.3) is 33.2 Å². The molecule has 2 heterocycles. The van der Waals surface area contributed by atoms with Gasteiger partial charge in [0.25, 0.3) is 0 Å². The van der Waals surface area contributed by atoms with Gasteiger partial charge in [-0.3, -0.25) is 0 Å². The van der Waals surface area contributed by atoms with Crippen LogP contribution in [0.3, 0.4) is 0 Å². The number of hydrogen-bond acceptors (Lipinski definition) is 5. The number of fused-ring (bicyclic) bond motifs is 5. The highest BCUT2D eigenvalue weighted by molar-refractivity contribution is 7.16. The average Bonchev–Trinajstić information content (AvgIpc) is 3.54. The molecule has 1 fully saturated rings. The standard InChI is InChI=1S/C36H35NO4S/c1-2-39-36(38)37(41-35-12-5-6-21-40-35)28-10-7-9-26(23-28)33-19-20-34(42-33)27-15-16-30-25(22-27)14-18-31-29-11-4-3-8-24(29)13-17-32(30)31/h3-4,7-11,14,18-20,22-23,35H,2,5-6,12-13,15-17,21H2,1H3. The molecule has 1 atom stereocenters. The number of carbonyl (C=O) groups is 1. The minimum atomic E-state index is -0.535. The van der Waals surface area contributed by atoms with Crippen molar-refractivity contribution in [2.24, 2.45) is 0 Å². The van der Waals surface area contributed by atoms with Crippen molar-refractivity contribution in [3.63, 3.8) is 0 Å². The van der Waals surface area contributed by atoms with Crippen LogP contribution in [-0.4, -0.2) is 25.6 Å². The maximum absolute atomic E-state index is 12.8. The summed E-state index contributed by atoms with van der Waals surface area (Å²) in [6.45, 7) is 2.70. The topological polar surface area (TPSA) is 48.0 Å². The molecule has 6 heteroatoms. The second kappa shape index (κ2) is 11.9. The van der Waals surface area contributed by atoms with Crippen molar-refractivity contribution in [3.05, 3.63) is 99.9 Å². The highest BCUT2D eigenvalue weighted by Crippen LogP contribution is 2.42. The molecule has 1 amide bonds. The molecule has 2 aliphatic carbocycles. The quantitative estimate of drug-likeness (QED) is 0.215. The number of hydroxylamine groups is 1. The van der Waals surface area contributed by atoms with Gasteiger partial charge in [-0.05, 0) is 114 Å². The first-order chi connectivity index (χ1) is 20.7. The van der Waals surface area contributed by atoms with Gasteiger partial charge in [0.05, 0.1) is 12.3 Å². The molecule has 4 aromatic rings. The lowest BCUT2D eigenvalue weighted by Crippen LogP contribution is -2.38. The number of benzene rings is 3. The van der Waals surface area contributed by atoms with E-state index < -0.39 is 12.4 Å². The van der Waals surface area contributed by atoms with Crippen molar-refractivity contribution in [3.8, 4) is 21.6 Å². The molecular weight excluding hydrogens is 542 g/mol. The summed E-state index contributed by atoms with van der Waals surface area (Å²) in [5.41, 5.74) is 11.8. The fourth-order valence-corrected chi connectivity index (χ4v) is 7.45. The molecule has 42 heavy (non-hydrogen) atoms. The van der Waals surface area contributed by atoms with Gasteiger partial charge in [0.15, 0.2) is 6.29 Å². The Hall–Kier alpha value is -3.71. The van der Waals surface area contributed by atoms with Crippen LogP contribution in [0.5, 0.6) is 0 Å². The zero-order valence-electron chi connectivity index (χ0n) is 23.9. The van der Waals surface area contributed by atoms with Crippen molar-refractivity contribution in [2.75, 3.05) is 18.3 Å². The number of nitrogens with zero attached hydrogens (tertiary/aromatic N) is 1. The Bertz CT molecular complexity index is 1650. The molecule has 0 bridgehead atoms. The average molecular weight is 578 g/mol. The van der Waals surface area contributed by atoms with Crippen molar-refractivity contribution < 1.29 is 19.1 Å². The largest absolute Gasteiger partial charge is 0.448 e. The maximum Gasteiger partial charge on any atom is 0.438 e. The summed E-state index contributed by atoms with van der Waals surface area (Å²) < 4.78 is 11.1. The third-order valence-electron chi connectivity index (χ3n) is 8.48. The summed E-state index contributed by atoms with van der Waals surface area (Å²) in [7, 11) is 0. The van der Waals surface area contributed by atoms with Crippen LogP contribution in [0.4, 0.5) is 10.5 Å². The normalized spacial score (nSPS) is 17.5. The lowest BCUT2D eigenvalue weighted by molar-refractivity contribution is -0.166. The van der Waals surface area contributed by atoms with Gasteiger partial charge in [-0.15, -0.1) is 11.3 Å². The van der Waals surface area contributed by atoms with Gasteiger partial charge >= 0.3 is 6.09 Å². The molecule has 1 aromatic heterocycles. The molecule has 3 aromatic carbocycles. The summed E-state index contributed by atoms with van der Waals surface area (Å²) in [5.74, 6) is 0. The van der Waals surface area contributed by atoms with E-state index in [4.69, 9.17) is 14.3 Å². The van der Waals surface area contributed by atoms with Crippen LogP contribution in [0.1, 0.15) is 59.7 Å². The first-order valence-corrected chi connectivity index (χ1v) is 15.9. The molecule has 0 saturated carbocycles. The fourth-order valence-electron chi connectivity index (χ4n) is 6.41. The van der Waals surface area contributed by atoms with Crippen LogP contribution in [-0.2, 0) is 33.6 Å². The van der Waals surface area contributed by atoms with Crippen molar-refractivity contribution in [2.45, 2.75) is 58.2 Å². The van der Waals surface area contributed by atoms with Gasteiger partial charge in [-0.1, -0.05) is 54.6 Å². The first-order valence-electron chi connectivity index (χ1n) is 15.1.